The zero-order valence-electron chi connectivity index (χ0n) is 17.0. The van der Waals surface area contributed by atoms with Crippen LogP contribution in [0.3, 0.4) is 0 Å². The fourth-order valence-electron chi connectivity index (χ4n) is 3.38. The topological polar surface area (TPSA) is 114 Å². The highest BCUT2D eigenvalue weighted by Gasteiger charge is 2.24. The summed E-state index contributed by atoms with van der Waals surface area (Å²) in [5.74, 6) is 0.294. The number of nitrogens with zero attached hydrogens (tertiary/aromatic N) is 5. The molecule has 2 heterocycles. The Morgan fingerprint density at radius 1 is 1.14 bits per heavy atom. The van der Waals surface area contributed by atoms with Gasteiger partial charge < -0.3 is 10.6 Å². The van der Waals surface area contributed by atoms with Crippen molar-refractivity contribution in [2.24, 2.45) is 16.1 Å². The molecular weight excluding hydrogens is 358 g/mol. The highest BCUT2D eigenvalue weighted by atomic mass is 16.2. The van der Waals surface area contributed by atoms with Gasteiger partial charge in [0.25, 0.3) is 0 Å². The maximum Gasteiger partial charge on any atom is 0.241 e. The maximum absolute atomic E-state index is 11.9. The lowest BCUT2D eigenvalue weighted by molar-refractivity contribution is -0.122. The summed E-state index contributed by atoms with van der Waals surface area (Å²) in [6.07, 6.45) is 7.66. The van der Waals surface area contributed by atoms with Crippen molar-refractivity contribution < 1.29 is 9.59 Å². The van der Waals surface area contributed by atoms with Crippen LogP contribution in [-0.2, 0) is 22.6 Å². The van der Waals surface area contributed by atoms with Crippen molar-refractivity contribution in [1.29, 1.82) is 0 Å². The van der Waals surface area contributed by atoms with Gasteiger partial charge in [-0.05, 0) is 38.2 Å². The van der Waals surface area contributed by atoms with Crippen LogP contribution in [0.2, 0.25) is 0 Å². The first-order chi connectivity index (χ1) is 13.5. The van der Waals surface area contributed by atoms with Crippen molar-refractivity contribution in [3.63, 3.8) is 0 Å². The van der Waals surface area contributed by atoms with E-state index in [1.165, 1.54) is 0 Å². The summed E-state index contributed by atoms with van der Waals surface area (Å²) in [6, 6.07) is -0.167. The van der Waals surface area contributed by atoms with E-state index in [1.807, 2.05) is 20.0 Å². The molecule has 0 saturated heterocycles. The Morgan fingerprint density at radius 2 is 1.89 bits per heavy atom. The van der Waals surface area contributed by atoms with E-state index in [1.54, 1.807) is 10.9 Å². The molecule has 28 heavy (non-hydrogen) atoms. The van der Waals surface area contributed by atoms with Gasteiger partial charge in [0.2, 0.25) is 11.8 Å². The number of carbonyl (C=O) groups excluding carboxylic acids is 2. The van der Waals surface area contributed by atoms with Gasteiger partial charge in [-0.3, -0.25) is 9.59 Å². The molecule has 1 aliphatic heterocycles. The molecule has 9 heteroatoms. The number of likely N-dealkylation sites (N-methyl/N-ethyl adjacent to an activating group) is 1. The average Bonchev–Trinajstić information content (AvgIpc) is 3.25. The highest BCUT2D eigenvalue weighted by molar-refractivity contribution is 5.77. The van der Waals surface area contributed by atoms with Gasteiger partial charge in [-0.1, -0.05) is 25.0 Å². The first-order valence-corrected chi connectivity index (χ1v) is 10.1. The van der Waals surface area contributed by atoms with Crippen molar-refractivity contribution >= 4 is 11.8 Å². The average molecular weight is 390 g/mol. The Bertz CT molecular complexity index is 711. The molecule has 1 aliphatic rings. The summed E-state index contributed by atoms with van der Waals surface area (Å²) in [7, 11) is 0. The SMILES string of the molecule is CCCC(CC1=CN=NC1CC(=O)NCC)Cc1cn(CC(=O)NCC)nn1. The molecule has 0 spiro atoms. The van der Waals surface area contributed by atoms with Gasteiger partial charge in [0.15, 0.2) is 0 Å². The van der Waals surface area contributed by atoms with Crippen LogP contribution in [0.5, 0.6) is 0 Å². The van der Waals surface area contributed by atoms with Crippen molar-refractivity contribution in [2.45, 2.75) is 65.5 Å². The summed E-state index contributed by atoms with van der Waals surface area (Å²) < 4.78 is 1.57. The Kier molecular flexibility index (Phi) is 8.77. The molecule has 0 saturated carbocycles. The number of azo groups is 1. The van der Waals surface area contributed by atoms with E-state index in [0.29, 0.717) is 25.4 Å². The van der Waals surface area contributed by atoms with Crippen LogP contribution < -0.4 is 10.6 Å². The number of amides is 2. The fraction of sp³-hybridized carbons (Fsp3) is 0.684. The van der Waals surface area contributed by atoms with Crippen molar-refractivity contribution in [2.75, 3.05) is 13.1 Å². The minimum absolute atomic E-state index is 0.000379. The number of rotatable bonds is 12. The second-order valence-electron chi connectivity index (χ2n) is 7.03. The number of hydrogen-bond acceptors (Lipinski definition) is 6. The summed E-state index contributed by atoms with van der Waals surface area (Å²) in [5.41, 5.74) is 1.97. The first kappa shape index (κ1) is 21.7. The minimum Gasteiger partial charge on any atom is -0.356 e. The summed E-state index contributed by atoms with van der Waals surface area (Å²) in [4.78, 5) is 23.6. The van der Waals surface area contributed by atoms with E-state index in [4.69, 9.17) is 0 Å². The molecule has 2 atom stereocenters. The van der Waals surface area contributed by atoms with Gasteiger partial charge >= 0.3 is 0 Å². The number of aromatic nitrogens is 3. The maximum atomic E-state index is 11.9. The molecule has 2 rings (SSSR count). The molecular formula is C19H31N7O2. The van der Waals surface area contributed by atoms with Crippen LogP contribution in [0.25, 0.3) is 0 Å². The predicted molar refractivity (Wildman–Crippen MR) is 105 cm³/mol. The molecule has 0 aromatic carbocycles. The fourth-order valence-corrected chi connectivity index (χ4v) is 3.38. The Labute approximate surface area is 166 Å². The molecule has 154 valence electrons. The van der Waals surface area contributed by atoms with E-state index in [9.17, 15) is 9.59 Å². The first-order valence-electron chi connectivity index (χ1n) is 10.1. The van der Waals surface area contributed by atoms with Crippen LogP contribution in [0, 0.1) is 5.92 Å². The smallest absolute Gasteiger partial charge is 0.241 e. The van der Waals surface area contributed by atoms with E-state index >= 15 is 0 Å². The zero-order valence-corrected chi connectivity index (χ0v) is 17.0. The van der Waals surface area contributed by atoms with Gasteiger partial charge in [0.1, 0.15) is 12.6 Å². The molecule has 2 N–H and O–H groups in total. The Morgan fingerprint density at radius 3 is 2.61 bits per heavy atom. The molecule has 0 aliphatic carbocycles. The van der Waals surface area contributed by atoms with Gasteiger partial charge in [-0.2, -0.15) is 10.2 Å². The van der Waals surface area contributed by atoms with Crippen LogP contribution >= 0.6 is 0 Å². The summed E-state index contributed by atoms with van der Waals surface area (Å²) in [5, 5.41) is 22.1. The van der Waals surface area contributed by atoms with Gasteiger partial charge in [0.05, 0.1) is 18.3 Å². The van der Waals surface area contributed by atoms with Crippen LogP contribution in [0.4, 0.5) is 0 Å². The lowest BCUT2D eigenvalue weighted by atomic mass is 9.88. The third kappa shape index (κ3) is 6.86. The monoisotopic (exact) mass is 389 g/mol. The molecule has 1 aromatic rings. The van der Waals surface area contributed by atoms with Crippen LogP contribution in [-0.4, -0.2) is 45.9 Å². The number of nitrogens with one attached hydrogen (secondary N) is 2. The highest BCUT2D eigenvalue weighted by Crippen LogP contribution is 2.28. The largest absolute Gasteiger partial charge is 0.356 e. The quantitative estimate of drug-likeness (QED) is 0.569. The zero-order chi connectivity index (χ0) is 20.4. The Balaban J connectivity index is 1.93. The predicted octanol–water partition coefficient (Wildman–Crippen LogP) is 2.01. The Hall–Kier alpha value is -2.58. The molecule has 9 nitrogen and oxygen atoms in total. The second kappa shape index (κ2) is 11.3. The van der Waals surface area contributed by atoms with Crippen LogP contribution in [0.1, 0.15) is 52.1 Å². The van der Waals surface area contributed by atoms with Crippen molar-refractivity contribution in [1.82, 2.24) is 25.6 Å². The molecule has 1 aromatic heterocycles. The summed E-state index contributed by atoms with van der Waals surface area (Å²) in [6.45, 7) is 7.34. The molecule has 2 unspecified atom stereocenters. The van der Waals surface area contributed by atoms with Gasteiger partial charge in [-0.15, -0.1) is 5.10 Å². The minimum atomic E-state index is -0.167. The van der Waals surface area contributed by atoms with Crippen LogP contribution in [0.15, 0.2) is 28.2 Å². The molecule has 0 bridgehead atoms. The molecule has 2 amide bonds. The molecule has 0 fully saturated rings. The van der Waals surface area contributed by atoms with E-state index in [-0.39, 0.29) is 24.4 Å². The molecule has 0 radical (unpaired) electrons. The number of carbonyl (C=O) groups is 2. The standard InChI is InChI=1S/C19H31N7O2/c1-4-7-14(8-15-11-22-24-17(15)10-18(27)20-5-2)9-16-12-26(25-23-16)13-19(28)21-6-3/h11-12,14,17H,4-10,13H2,1-3H3,(H,20,27)(H,21,28). The second-order valence-corrected chi connectivity index (χ2v) is 7.03. The van der Waals surface area contributed by atoms with Crippen molar-refractivity contribution in [3.05, 3.63) is 23.7 Å². The van der Waals surface area contributed by atoms with Crippen molar-refractivity contribution in [3.8, 4) is 0 Å². The van der Waals surface area contributed by atoms with Gasteiger partial charge in [-0.25, -0.2) is 4.68 Å². The lowest BCUT2D eigenvalue weighted by Crippen LogP contribution is -2.27. The summed E-state index contributed by atoms with van der Waals surface area (Å²) >= 11 is 0. The normalized spacial score (nSPS) is 16.7. The third-order valence-corrected chi connectivity index (χ3v) is 4.60. The third-order valence-electron chi connectivity index (χ3n) is 4.60. The van der Waals surface area contributed by atoms with E-state index < -0.39 is 0 Å². The van der Waals surface area contributed by atoms with E-state index in [0.717, 1.165) is 37.0 Å². The van der Waals surface area contributed by atoms with Gasteiger partial charge in [0, 0.05) is 19.3 Å². The number of hydrogen-bond donors (Lipinski definition) is 2. The van der Waals surface area contributed by atoms with E-state index in [2.05, 4.69) is 38.1 Å². The lowest BCUT2D eigenvalue weighted by Gasteiger charge is -2.18.